The molecule has 0 spiro atoms. The molecule has 24 heavy (non-hydrogen) atoms. The van der Waals surface area contributed by atoms with E-state index in [1.165, 1.54) is 19.3 Å². The molecule has 0 saturated heterocycles. The van der Waals surface area contributed by atoms with Gasteiger partial charge in [-0.3, -0.25) is 4.79 Å². The quantitative estimate of drug-likeness (QED) is 0.879. The number of carbonyl (C=O) groups excluding carboxylic acids is 1. The van der Waals surface area contributed by atoms with Crippen LogP contribution in [0, 0.1) is 0 Å². The van der Waals surface area contributed by atoms with Gasteiger partial charge in [0.05, 0.1) is 18.4 Å². The first-order valence-corrected chi connectivity index (χ1v) is 8.29. The Bertz CT molecular complexity index is 682. The Balaban J connectivity index is 1.63. The zero-order valence-electron chi connectivity index (χ0n) is 13.8. The summed E-state index contributed by atoms with van der Waals surface area (Å²) < 4.78 is 5.23. The summed E-state index contributed by atoms with van der Waals surface area (Å²) in [4.78, 5) is 20.8. The maximum absolute atomic E-state index is 12.3. The average molecular weight is 326 g/mol. The summed E-state index contributed by atoms with van der Waals surface area (Å²) in [6.07, 6.45) is 9.19. The molecule has 2 aromatic rings. The van der Waals surface area contributed by atoms with Crippen molar-refractivity contribution >= 4 is 17.5 Å². The number of benzene rings is 1. The number of hydrogen-bond donors (Lipinski definition) is 2. The van der Waals surface area contributed by atoms with Gasteiger partial charge < -0.3 is 15.4 Å². The average Bonchev–Trinajstić information content (AvgIpc) is 2.63. The van der Waals surface area contributed by atoms with Gasteiger partial charge in [0, 0.05) is 18.4 Å². The molecule has 0 radical (unpaired) electrons. The summed E-state index contributed by atoms with van der Waals surface area (Å²) in [5.41, 5.74) is 1.03. The zero-order valence-corrected chi connectivity index (χ0v) is 13.8. The Kier molecular flexibility index (Phi) is 5.25. The van der Waals surface area contributed by atoms with Crippen molar-refractivity contribution in [2.45, 2.75) is 38.1 Å². The minimum atomic E-state index is -0.260. The van der Waals surface area contributed by atoms with Crippen LogP contribution in [0.2, 0.25) is 0 Å². The van der Waals surface area contributed by atoms with Gasteiger partial charge in [0.2, 0.25) is 5.95 Å². The Morgan fingerprint density at radius 2 is 1.83 bits per heavy atom. The molecule has 3 rings (SSSR count). The number of hydrogen-bond acceptors (Lipinski definition) is 5. The highest BCUT2D eigenvalue weighted by molar-refractivity contribution is 6.04. The van der Waals surface area contributed by atoms with Gasteiger partial charge >= 0.3 is 0 Å². The van der Waals surface area contributed by atoms with E-state index in [1.54, 1.807) is 31.6 Å². The normalized spacial score (nSPS) is 14.9. The summed E-state index contributed by atoms with van der Waals surface area (Å²) in [7, 11) is 1.57. The Morgan fingerprint density at radius 1 is 1.12 bits per heavy atom. The third kappa shape index (κ3) is 4.01. The lowest BCUT2D eigenvalue weighted by Gasteiger charge is -2.22. The third-order valence-electron chi connectivity index (χ3n) is 4.21. The molecule has 0 unspecified atom stereocenters. The van der Waals surface area contributed by atoms with Crippen LogP contribution < -0.4 is 15.4 Å². The maximum atomic E-state index is 12.3. The van der Waals surface area contributed by atoms with Crippen molar-refractivity contribution < 1.29 is 9.53 Å². The third-order valence-corrected chi connectivity index (χ3v) is 4.21. The molecule has 1 aliphatic carbocycles. The van der Waals surface area contributed by atoms with E-state index in [1.807, 2.05) is 12.1 Å². The van der Waals surface area contributed by atoms with Crippen molar-refractivity contribution in [1.82, 2.24) is 9.97 Å². The lowest BCUT2D eigenvalue weighted by Crippen LogP contribution is -2.23. The van der Waals surface area contributed by atoms with E-state index in [-0.39, 0.29) is 5.91 Å². The molecule has 1 amide bonds. The van der Waals surface area contributed by atoms with Gasteiger partial charge in [0.15, 0.2) is 0 Å². The topological polar surface area (TPSA) is 76.1 Å². The fourth-order valence-corrected chi connectivity index (χ4v) is 2.89. The van der Waals surface area contributed by atoms with E-state index >= 15 is 0 Å². The number of nitrogens with one attached hydrogen (secondary N) is 2. The lowest BCUT2D eigenvalue weighted by atomic mass is 9.96. The molecular formula is C18H22N4O2. The van der Waals surface area contributed by atoms with Crippen LogP contribution in [0.3, 0.4) is 0 Å². The highest BCUT2D eigenvalue weighted by atomic mass is 16.5. The Labute approximate surface area is 141 Å². The van der Waals surface area contributed by atoms with E-state index in [4.69, 9.17) is 4.74 Å². The second-order valence-corrected chi connectivity index (χ2v) is 5.93. The van der Waals surface area contributed by atoms with Crippen LogP contribution in [0.5, 0.6) is 5.75 Å². The molecular weight excluding hydrogens is 304 g/mol. The minimum Gasteiger partial charge on any atom is -0.495 e. The number of anilines is 2. The predicted molar refractivity (Wildman–Crippen MR) is 93.5 cm³/mol. The number of rotatable bonds is 5. The number of amides is 1. The van der Waals surface area contributed by atoms with E-state index in [0.29, 0.717) is 29.0 Å². The SMILES string of the molecule is COc1ccccc1NC(=O)c1cnc(NC2CCCCC2)nc1. The second-order valence-electron chi connectivity index (χ2n) is 5.93. The van der Waals surface area contributed by atoms with E-state index < -0.39 is 0 Å². The highest BCUT2D eigenvalue weighted by Gasteiger charge is 2.15. The van der Waals surface area contributed by atoms with Crippen LogP contribution in [0.4, 0.5) is 11.6 Å². The van der Waals surface area contributed by atoms with Gasteiger partial charge in [0.1, 0.15) is 5.75 Å². The summed E-state index contributed by atoms with van der Waals surface area (Å²) in [5, 5.41) is 6.16. The molecule has 2 N–H and O–H groups in total. The fourth-order valence-electron chi connectivity index (χ4n) is 2.89. The molecule has 0 atom stereocenters. The minimum absolute atomic E-state index is 0.260. The number of nitrogens with zero attached hydrogens (tertiary/aromatic N) is 2. The number of methoxy groups -OCH3 is 1. The van der Waals surface area contributed by atoms with Gasteiger partial charge in [-0.1, -0.05) is 31.4 Å². The summed E-state index contributed by atoms with van der Waals surface area (Å²) in [5.74, 6) is 0.932. The molecule has 1 heterocycles. The van der Waals surface area contributed by atoms with Crippen LogP contribution in [0.1, 0.15) is 42.5 Å². The molecule has 6 nitrogen and oxygen atoms in total. The van der Waals surface area contributed by atoms with Crippen LogP contribution >= 0.6 is 0 Å². The molecule has 1 aromatic carbocycles. The van der Waals surface area contributed by atoms with Crippen molar-refractivity contribution in [1.29, 1.82) is 0 Å². The largest absolute Gasteiger partial charge is 0.495 e. The molecule has 6 heteroatoms. The Hall–Kier alpha value is -2.63. The molecule has 0 bridgehead atoms. The molecule has 1 aromatic heterocycles. The van der Waals surface area contributed by atoms with Crippen molar-refractivity contribution in [2.75, 3.05) is 17.7 Å². The number of ether oxygens (including phenoxy) is 1. The van der Waals surface area contributed by atoms with Gasteiger partial charge in [-0.15, -0.1) is 0 Å². The number of aromatic nitrogens is 2. The van der Waals surface area contributed by atoms with Gasteiger partial charge in [-0.25, -0.2) is 9.97 Å². The Morgan fingerprint density at radius 3 is 2.54 bits per heavy atom. The molecule has 126 valence electrons. The first kappa shape index (κ1) is 16.2. The fraction of sp³-hybridized carbons (Fsp3) is 0.389. The number of para-hydroxylation sites is 2. The van der Waals surface area contributed by atoms with E-state index in [2.05, 4.69) is 20.6 Å². The van der Waals surface area contributed by atoms with Crippen molar-refractivity contribution in [2.24, 2.45) is 0 Å². The zero-order chi connectivity index (χ0) is 16.8. The van der Waals surface area contributed by atoms with Crippen molar-refractivity contribution in [3.05, 3.63) is 42.2 Å². The van der Waals surface area contributed by atoms with Crippen LogP contribution in [-0.2, 0) is 0 Å². The number of carbonyl (C=O) groups is 1. The molecule has 1 fully saturated rings. The van der Waals surface area contributed by atoms with E-state index in [9.17, 15) is 4.79 Å². The van der Waals surface area contributed by atoms with Gasteiger partial charge in [-0.05, 0) is 25.0 Å². The molecule has 1 saturated carbocycles. The molecule has 0 aliphatic heterocycles. The summed E-state index contributed by atoms with van der Waals surface area (Å²) in [6, 6.07) is 7.71. The van der Waals surface area contributed by atoms with Crippen LogP contribution in [0.25, 0.3) is 0 Å². The van der Waals surface area contributed by atoms with E-state index in [0.717, 1.165) is 12.8 Å². The van der Waals surface area contributed by atoms with Gasteiger partial charge in [0.25, 0.3) is 5.91 Å². The smallest absolute Gasteiger partial charge is 0.258 e. The first-order valence-electron chi connectivity index (χ1n) is 8.29. The maximum Gasteiger partial charge on any atom is 0.258 e. The van der Waals surface area contributed by atoms with Crippen LogP contribution in [-0.4, -0.2) is 29.0 Å². The second kappa shape index (κ2) is 7.77. The predicted octanol–water partition coefficient (Wildman–Crippen LogP) is 3.48. The summed E-state index contributed by atoms with van der Waals surface area (Å²) >= 11 is 0. The van der Waals surface area contributed by atoms with Crippen LogP contribution in [0.15, 0.2) is 36.7 Å². The van der Waals surface area contributed by atoms with Gasteiger partial charge in [-0.2, -0.15) is 0 Å². The van der Waals surface area contributed by atoms with Crippen molar-refractivity contribution in [3.8, 4) is 5.75 Å². The van der Waals surface area contributed by atoms with Crippen molar-refractivity contribution in [3.63, 3.8) is 0 Å². The highest BCUT2D eigenvalue weighted by Crippen LogP contribution is 2.24. The standard InChI is InChI=1S/C18H22N4O2/c1-24-16-10-6-5-9-15(16)22-17(23)13-11-19-18(20-12-13)21-14-7-3-2-4-8-14/h5-6,9-12,14H,2-4,7-8H2,1H3,(H,22,23)(H,19,20,21). The molecule has 1 aliphatic rings. The first-order chi connectivity index (χ1) is 11.8. The lowest BCUT2D eigenvalue weighted by molar-refractivity contribution is 0.102. The monoisotopic (exact) mass is 326 g/mol. The summed E-state index contributed by atoms with van der Waals surface area (Å²) in [6.45, 7) is 0.